The third-order valence-corrected chi connectivity index (χ3v) is 3.18. The number of hydrogen-bond acceptors (Lipinski definition) is 2. The Morgan fingerprint density at radius 2 is 1.67 bits per heavy atom. The fourth-order valence-corrected chi connectivity index (χ4v) is 2.14. The van der Waals surface area contributed by atoms with E-state index in [4.69, 9.17) is 10.5 Å². The van der Waals surface area contributed by atoms with Gasteiger partial charge in [0.1, 0.15) is 11.8 Å². The van der Waals surface area contributed by atoms with Crippen molar-refractivity contribution in [3.8, 4) is 5.75 Å². The van der Waals surface area contributed by atoms with E-state index in [1.54, 1.807) is 30.3 Å². The van der Waals surface area contributed by atoms with Crippen molar-refractivity contribution in [2.45, 2.75) is 26.1 Å². The van der Waals surface area contributed by atoms with Crippen molar-refractivity contribution in [1.82, 2.24) is 0 Å². The molecule has 0 aromatic heterocycles. The van der Waals surface area contributed by atoms with Crippen LogP contribution in [-0.2, 0) is 0 Å². The quantitative estimate of drug-likeness (QED) is 0.905. The maximum absolute atomic E-state index is 12.9. The maximum atomic E-state index is 12.9. The van der Waals surface area contributed by atoms with Crippen LogP contribution in [0.5, 0.6) is 5.75 Å². The van der Waals surface area contributed by atoms with Gasteiger partial charge in [-0.3, -0.25) is 0 Å². The summed E-state index contributed by atoms with van der Waals surface area (Å²) in [5, 5.41) is 1.12. The first-order valence-corrected chi connectivity index (χ1v) is 6.77. The van der Waals surface area contributed by atoms with E-state index in [2.05, 4.69) is 0 Å². The average molecular weight is 297 g/mol. The molecule has 2 nitrogen and oxygen atoms in total. The molecule has 0 bridgehead atoms. The molecule has 0 heterocycles. The molecule has 2 aromatic rings. The zero-order valence-corrected chi connectivity index (χ0v) is 11.9. The molecular weight excluding hydrogens is 279 g/mol. The van der Waals surface area contributed by atoms with Crippen LogP contribution in [0.2, 0.25) is 0 Å². The van der Waals surface area contributed by atoms with E-state index < -0.39 is 12.2 Å². The van der Waals surface area contributed by atoms with Gasteiger partial charge in [0.05, 0.1) is 6.61 Å². The number of rotatable bonds is 4. The van der Waals surface area contributed by atoms with Gasteiger partial charge < -0.3 is 10.5 Å². The van der Waals surface area contributed by atoms with Crippen molar-refractivity contribution in [2.75, 3.05) is 6.61 Å². The molecule has 1 atom stereocenters. The molecule has 0 unspecified atom stereocenters. The van der Waals surface area contributed by atoms with Gasteiger partial charge in [0.15, 0.2) is 0 Å². The Morgan fingerprint density at radius 1 is 1.05 bits per heavy atom. The topological polar surface area (TPSA) is 35.2 Å². The smallest absolute Gasteiger partial charge is 0.407 e. The lowest BCUT2D eigenvalue weighted by Gasteiger charge is -2.19. The van der Waals surface area contributed by atoms with Gasteiger partial charge >= 0.3 is 6.18 Å². The summed E-state index contributed by atoms with van der Waals surface area (Å²) in [6.45, 7) is 4.53. The van der Waals surface area contributed by atoms with Crippen molar-refractivity contribution < 1.29 is 17.9 Å². The summed E-state index contributed by atoms with van der Waals surface area (Å²) in [5.41, 5.74) is 5.41. The van der Waals surface area contributed by atoms with E-state index >= 15 is 0 Å². The summed E-state index contributed by atoms with van der Waals surface area (Å²) in [6.07, 6.45) is -4.47. The van der Waals surface area contributed by atoms with E-state index in [1.807, 2.05) is 13.8 Å². The Kier molecular flexibility index (Phi) is 4.42. The molecule has 2 N–H and O–H groups in total. The average Bonchev–Trinajstić information content (AvgIpc) is 2.42. The van der Waals surface area contributed by atoms with Crippen molar-refractivity contribution in [3.05, 3.63) is 42.0 Å². The first-order chi connectivity index (χ1) is 9.80. The molecule has 0 aliphatic rings. The van der Waals surface area contributed by atoms with E-state index in [1.165, 1.54) is 6.07 Å². The number of fused-ring (bicyclic) bond motifs is 1. The first kappa shape index (κ1) is 15.6. The highest BCUT2D eigenvalue weighted by molar-refractivity contribution is 5.91. The van der Waals surface area contributed by atoms with Gasteiger partial charge in [-0.2, -0.15) is 13.2 Å². The van der Waals surface area contributed by atoms with Crippen molar-refractivity contribution in [2.24, 2.45) is 11.7 Å². The zero-order valence-electron chi connectivity index (χ0n) is 11.9. The van der Waals surface area contributed by atoms with Gasteiger partial charge in [0.2, 0.25) is 0 Å². The van der Waals surface area contributed by atoms with Crippen molar-refractivity contribution in [3.63, 3.8) is 0 Å². The van der Waals surface area contributed by atoms with E-state index in [9.17, 15) is 13.2 Å². The fraction of sp³-hybridized carbons (Fsp3) is 0.375. The molecule has 21 heavy (non-hydrogen) atoms. The van der Waals surface area contributed by atoms with Crippen molar-refractivity contribution >= 4 is 10.8 Å². The minimum atomic E-state index is -4.47. The van der Waals surface area contributed by atoms with Gasteiger partial charge in [-0.15, -0.1) is 0 Å². The van der Waals surface area contributed by atoms with Crippen LogP contribution in [0.3, 0.4) is 0 Å². The molecule has 0 radical (unpaired) electrons. The van der Waals surface area contributed by atoms with Crippen LogP contribution >= 0.6 is 0 Å². The second kappa shape index (κ2) is 5.93. The normalized spacial score (nSPS) is 13.7. The lowest BCUT2D eigenvalue weighted by molar-refractivity contribution is -0.148. The summed E-state index contributed by atoms with van der Waals surface area (Å²) in [6, 6.07) is 7.81. The molecule has 2 aromatic carbocycles. The second-order valence-corrected chi connectivity index (χ2v) is 5.42. The SMILES string of the molecule is CC(C)COc1cccc2c([C@H](N)C(F)(F)F)cccc12. The van der Waals surface area contributed by atoms with Gasteiger partial charge in [0, 0.05) is 5.39 Å². The first-order valence-electron chi connectivity index (χ1n) is 6.77. The molecule has 2 rings (SSSR count). The Balaban J connectivity index is 2.49. The predicted molar refractivity (Wildman–Crippen MR) is 77.3 cm³/mol. The lowest BCUT2D eigenvalue weighted by atomic mass is 9.98. The van der Waals surface area contributed by atoms with Crippen LogP contribution in [-0.4, -0.2) is 12.8 Å². The summed E-state index contributed by atoms with van der Waals surface area (Å²) < 4.78 is 44.3. The number of alkyl halides is 3. The minimum Gasteiger partial charge on any atom is -0.493 e. The van der Waals surface area contributed by atoms with Crippen LogP contribution in [0.15, 0.2) is 36.4 Å². The number of nitrogens with two attached hydrogens (primary N) is 1. The second-order valence-electron chi connectivity index (χ2n) is 5.42. The van der Waals surface area contributed by atoms with E-state index in [0.29, 0.717) is 29.0 Å². The molecule has 114 valence electrons. The van der Waals surface area contributed by atoms with Gasteiger partial charge in [-0.1, -0.05) is 44.2 Å². The third kappa shape index (κ3) is 3.47. The molecule has 0 aliphatic heterocycles. The number of benzene rings is 2. The summed E-state index contributed by atoms with van der Waals surface area (Å²) in [5.74, 6) is 0.915. The lowest BCUT2D eigenvalue weighted by Crippen LogP contribution is -2.28. The minimum absolute atomic E-state index is 0.0648. The number of halogens is 3. The molecule has 0 amide bonds. The van der Waals surface area contributed by atoms with Crippen molar-refractivity contribution in [1.29, 1.82) is 0 Å². The Bertz CT molecular complexity index is 622. The molecule has 0 aliphatic carbocycles. The Hall–Kier alpha value is -1.75. The highest BCUT2D eigenvalue weighted by Gasteiger charge is 2.38. The summed E-state index contributed by atoms with van der Waals surface area (Å²) >= 11 is 0. The van der Waals surface area contributed by atoms with Crippen LogP contribution in [0.4, 0.5) is 13.2 Å². The largest absolute Gasteiger partial charge is 0.493 e. The van der Waals surface area contributed by atoms with Crippen LogP contribution in [0.1, 0.15) is 25.5 Å². The van der Waals surface area contributed by atoms with Gasteiger partial charge in [0.25, 0.3) is 0 Å². The monoisotopic (exact) mass is 297 g/mol. The molecular formula is C16H18F3NO. The molecule has 0 spiro atoms. The highest BCUT2D eigenvalue weighted by Crippen LogP contribution is 2.36. The predicted octanol–water partition coefficient (Wildman–Crippen LogP) is 4.44. The van der Waals surface area contributed by atoms with Gasteiger partial charge in [-0.05, 0) is 22.9 Å². The van der Waals surface area contributed by atoms with E-state index in [0.717, 1.165) is 0 Å². The molecule has 0 saturated carbocycles. The third-order valence-electron chi connectivity index (χ3n) is 3.18. The number of ether oxygens (including phenoxy) is 1. The van der Waals surface area contributed by atoms with Gasteiger partial charge in [-0.25, -0.2) is 0 Å². The molecule has 0 saturated heterocycles. The summed E-state index contributed by atoms with van der Waals surface area (Å²) in [4.78, 5) is 0. The number of hydrogen-bond donors (Lipinski definition) is 1. The van der Waals surface area contributed by atoms with Crippen LogP contribution in [0, 0.1) is 5.92 Å². The zero-order chi connectivity index (χ0) is 15.6. The van der Waals surface area contributed by atoms with Crippen LogP contribution in [0.25, 0.3) is 10.8 Å². The molecule has 0 fully saturated rings. The maximum Gasteiger partial charge on any atom is 0.407 e. The Labute approximate surface area is 121 Å². The van der Waals surface area contributed by atoms with Crippen LogP contribution < -0.4 is 10.5 Å². The van der Waals surface area contributed by atoms with E-state index in [-0.39, 0.29) is 5.56 Å². The Morgan fingerprint density at radius 3 is 2.29 bits per heavy atom. The fourth-order valence-electron chi connectivity index (χ4n) is 2.14. The highest BCUT2D eigenvalue weighted by atomic mass is 19.4. The molecule has 5 heteroatoms. The summed E-state index contributed by atoms with van der Waals surface area (Å²) in [7, 11) is 0. The standard InChI is InChI=1S/C16H18F3NO/c1-10(2)9-21-14-8-4-5-11-12(14)6-3-7-13(11)15(20)16(17,18)19/h3-8,10,15H,9,20H2,1-2H3/t15-/m0/s1.